The van der Waals surface area contributed by atoms with Gasteiger partial charge in [0.05, 0.1) is 11.5 Å². The lowest BCUT2D eigenvalue weighted by molar-refractivity contribution is -0.384. The van der Waals surface area contributed by atoms with Crippen LogP contribution in [0, 0.1) is 17.0 Å². The van der Waals surface area contributed by atoms with Crippen molar-refractivity contribution in [3.05, 3.63) is 95.6 Å². The molecule has 0 bridgehead atoms. The molecule has 0 radical (unpaired) electrons. The Kier molecular flexibility index (Phi) is 6.84. The Morgan fingerprint density at radius 3 is 2.44 bits per heavy atom. The first-order chi connectivity index (χ1) is 15.2. The molecule has 166 valence electrons. The van der Waals surface area contributed by atoms with Gasteiger partial charge in [0.1, 0.15) is 4.88 Å². The van der Waals surface area contributed by atoms with Crippen molar-refractivity contribution in [3.8, 4) is 0 Å². The maximum absolute atomic E-state index is 12.6. The lowest BCUT2D eigenvalue weighted by Crippen LogP contribution is -2.23. The van der Waals surface area contributed by atoms with Crippen molar-refractivity contribution in [2.45, 2.75) is 20.0 Å². The Bertz CT molecular complexity index is 1230. The molecule has 3 rings (SSSR count). The Balaban J connectivity index is 1.72. The lowest BCUT2D eigenvalue weighted by atomic mass is 10.1. The SMILES string of the molecule is Cc1c(C(=O)NCc2cccc([N+](=O)[O-])c2)sc(=O)n1Cc1ccc(C(=O)N(C)C)cc1. The van der Waals surface area contributed by atoms with E-state index in [1.807, 2.05) is 0 Å². The number of nitro benzene ring substituents is 1. The molecule has 10 heteroatoms. The first kappa shape index (κ1) is 22.9. The van der Waals surface area contributed by atoms with Crippen LogP contribution >= 0.6 is 11.3 Å². The summed E-state index contributed by atoms with van der Waals surface area (Å²) in [5.41, 5.74) is 2.44. The van der Waals surface area contributed by atoms with Gasteiger partial charge in [-0.3, -0.25) is 29.1 Å². The summed E-state index contributed by atoms with van der Waals surface area (Å²) < 4.78 is 1.51. The van der Waals surface area contributed by atoms with Gasteiger partial charge in [0, 0.05) is 44.0 Å². The summed E-state index contributed by atoms with van der Waals surface area (Å²) in [6, 6.07) is 13.0. The summed E-state index contributed by atoms with van der Waals surface area (Å²) in [7, 11) is 3.35. The molecule has 0 aliphatic rings. The van der Waals surface area contributed by atoms with Gasteiger partial charge in [-0.2, -0.15) is 0 Å². The molecule has 1 heterocycles. The van der Waals surface area contributed by atoms with Gasteiger partial charge < -0.3 is 10.2 Å². The molecule has 0 unspecified atom stereocenters. The van der Waals surface area contributed by atoms with E-state index in [-0.39, 0.29) is 29.6 Å². The second kappa shape index (κ2) is 9.56. The van der Waals surface area contributed by atoms with Gasteiger partial charge in [-0.05, 0) is 30.2 Å². The van der Waals surface area contributed by atoms with E-state index in [4.69, 9.17) is 0 Å². The van der Waals surface area contributed by atoms with Crippen molar-refractivity contribution in [3.63, 3.8) is 0 Å². The molecule has 1 aromatic heterocycles. The number of hydrogen-bond acceptors (Lipinski definition) is 6. The van der Waals surface area contributed by atoms with Crippen LogP contribution in [0.4, 0.5) is 5.69 Å². The zero-order valence-electron chi connectivity index (χ0n) is 17.8. The van der Waals surface area contributed by atoms with Gasteiger partial charge in [-0.1, -0.05) is 35.6 Å². The molecule has 0 aliphatic heterocycles. The van der Waals surface area contributed by atoms with Crippen LogP contribution in [0.5, 0.6) is 0 Å². The topological polar surface area (TPSA) is 115 Å². The number of nitro groups is 1. The van der Waals surface area contributed by atoms with Crippen molar-refractivity contribution < 1.29 is 14.5 Å². The summed E-state index contributed by atoms with van der Waals surface area (Å²) in [6.07, 6.45) is 0. The number of carbonyl (C=O) groups is 2. The average molecular weight is 455 g/mol. The second-order valence-electron chi connectivity index (χ2n) is 7.37. The number of nitrogens with zero attached hydrogens (tertiary/aromatic N) is 3. The van der Waals surface area contributed by atoms with E-state index >= 15 is 0 Å². The van der Waals surface area contributed by atoms with E-state index in [9.17, 15) is 24.5 Å². The van der Waals surface area contributed by atoms with Gasteiger partial charge in [-0.25, -0.2) is 0 Å². The van der Waals surface area contributed by atoms with Crippen LogP contribution in [-0.4, -0.2) is 40.3 Å². The molecule has 0 saturated carbocycles. The standard InChI is InChI=1S/C22H22N4O5S/c1-14-19(20(27)23-12-16-5-4-6-18(11-16)26(30)31)32-22(29)25(14)13-15-7-9-17(10-8-15)21(28)24(2)3/h4-11H,12-13H2,1-3H3,(H,23,27). The molecule has 2 amide bonds. The minimum Gasteiger partial charge on any atom is -0.347 e. The smallest absolute Gasteiger partial charge is 0.308 e. The van der Waals surface area contributed by atoms with E-state index in [1.54, 1.807) is 57.4 Å². The third kappa shape index (κ3) is 5.09. The van der Waals surface area contributed by atoms with Crippen LogP contribution in [-0.2, 0) is 13.1 Å². The fourth-order valence-corrected chi connectivity index (χ4v) is 4.01. The number of hydrogen-bond donors (Lipinski definition) is 1. The van der Waals surface area contributed by atoms with Crippen molar-refractivity contribution in [1.29, 1.82) is 0 Å². The molecule has 2 aromatic carbocycles. The van der Waals surface area contributed by atoms with Gasteiger partial charge >= 0.3 is 4.87 Å². The monoisotopic (exact) mass is 454 g/mol. The Morgan fingerprint density at radius 1 is 1.12 bits per heavy atom. The van der Waals surface area contributed by atoms with Crippen LogP contribution in [0.1, 0.15) is 36.9 Å². The van der Waals surface area contributed by atoms with E-state index < -0.39 is 10.8 Å². The highest BCUT2D eigenvalue weighted by Crippen LogP contribution is 2.16. The minimum absolute atomic E-state index is 0.0537. The number of rotatable bonds is 7. The predicted molar refractivity (Wildman–Crippen MR) is 121 cm³/mol. The maximum Gasteiger partial charge on any atom is 0.308 e. The van der Waals surface area contributed by atoms with Crippen LogP contribution in [0.15, 0.2) is 53.3 Å². The highest BCUT2D eigenvalue weighted by molar-refractivity contribution is 7.11. The third-order valence-electron chi connectivity index (χ3n) is 4.87. The average Bonchev–Trinajstić information content (AvgIpc) is 3.06. The molecule has 0 saturated heterocycles. The zero-order valence-corrected chi connectivity index (χ0v) is 18.6. The largest absolute Gasteiger partial charge is 0.347 e. The first-order valence-electron chi connectivity index (χ1n) is 9.69. The molecular formula is C22H22N4O5S. The minimum atomic E-state index is -0.496. The normalized spacial score (nSPS) is 10.6. The van der Waals surface area contributed by atoms with Gasteiger partial charge in [0.25, 0.3) is 17.5 Å². The number of nitrogens with one attached hydrogen (secondary N) is 1. The maximum atomic E-state index is 12.6. The molecular weight excluding hydrogens is 432 g/mol. The van der Waals surface area contributed by atoms with Crippen molar-refractivity contribution in [2.24, 2.45) is 0 Å². The fourth-order valence-electron chi connectivity index (χ4n) is 3.11. The predicted octanol–water partition coefficient (Wildman–Crippen LogP) is 2.81. The zero-order chi connectivity index (χ0) is 23.4. The summed E-state index contributed by atoms with van der Waals surface area (Å²) in [4.78, 5) is 49.0. The highest BCUT2D eigenvalue weighted by Gasteiger charge is 2.18. The van der Waals surface area contributed by atoms with E-state index in [0.717, 1.165) is 16.9 Å². The van der Waals surface area contributed by atoms with E-state index in [0.29, 0.717) is 21.7 Å². The van der Waals surface area contributed by atoms with Crippen molar-refractivity contribution >= 4 is 28.8 Å². The summed E-state index contributed by atoms with van der Waals surface area (Å²) in [6.45, 7) is 2.08. The number of benzene rings is 2. The summed E-state index contributed by atoms with van der Waals surface area (Å²) >= 11 is 0.850. The Labute approximate surface area is 188 Å². The lowest BCUT2D eigenvalue weighted by Gasteiger charge is -2.11. The van der Waals surface area contributed by atoms with E-state index in [1.165, 1.54) is 21.6 Å². The summed E-state index contributed by atoms with van der Waals surface area (Å²) in [5.74, 6) is -0.523. The van der Waals surface area contributed by atoms with Gasteiger partial charge in [0.15, 0.2) is 0 Å². The number of carbonyl (C=O) groups excluding carboxylic acids is 2. The van der Waals surface area contributed by atoms with Crippen molar-refractivity contribution in [2.75, 3.05) is 14.1 Å². The summed E-state index contributed by atoms with van der Waals surface area (Å²) in [5, 5.41) is 13.6. The number of thiazole rings is 1. The Hall–Kier alpha value is -3.79. The number of amides is 2. The first-order valence-corrected chi connectivity index (χ1v) is 10.5. The molecule has 3 aromatic rings. The molecule has 9 nitrogen and oxygen atoms in total. The molecule has 1 N–H and O–H groups in total. The van der Waals surface area contributed by atoms with Crippen LogP contribution < -0.4 is 10.2 Å². The molecule has 0 atom stereocenters. The van der Waals surface area contributed by atoms with Gasteiger partial charge in [-0.15, -0.1) is 0 Å². The number of aromatic nitrogens is 1. The quantitative estimate of drug-likeness (QED) is 0.435. The Morgan fingerprint density at radius 2 is 1.81 bits per heavy atom. The third-order valence-corrected chi connectivity index (χ3v) is 5.95. The molecule has 0 aliphatic carbocycles. The second-order valence-corrected chi connectivity index (χ2v) is 8.34. The molecule has 32 heavy (non-hydrogen) atoms. The van der Waals surface area contributed by atoms with Crippen LogP contribution in [0.25, 0.3) is 0 Å². The van der Waals surface area contributed by atoms with Crippen molar-refractivity contribution in [1.82, 2.24) is 14.8 Å². The molecule has 0 spiro atoms. The molecule has 0 fully saturated rings. The van der Waals surface area contributed by atoms with Crippen LogP contribution in [0.3, 0.4) is 0 Å². The highest BCUT2D eigenvalue weighted by atomic mass is 32.1. The fraction of sp³-hybridized carbons (Fsp3) is 0.227. The number of non-ortho nitro benzene ring substituents is 1. The van der Waals surface area contributed by atoms with Gasteiger partial charge in [0.2, 0.25) is 0 Å². The van der Waals surface area contributed by atoms with E-state index in [2.05, 4.69) is 5.32 Å². The van der Waals surface area contributed by atoms with Crippen LogP contribution in [0.2, 0.25) is 0 Å².